The van der Waals surface area contributed by atoms with E-state index in [4.69, 9.17) is 5.11 Å². The Morgan fingerprint density at radius 3 is 2.22 bits per heavy atom. The Morgan fingerprint density at radius 2 is 2.11 bits per heavy atom. The maximum Gasteiger partial charge on any atom is 1.00 e. The molecule has 0 aliphatic rings. The molecular weight excluding hydrogens is 121 g/mol. The molecule has 0 aromatic carbocycles. The van der Waals surface area contributed by atoms with Gasteiger partial charge >= 0.3 is 31.0 Å². The van der Waals surface area contributed by atoms with Crippen molar-refractivity contribution in [2.45, 2.75) is 0 Å². The van der Waals surface area contributed by atoms with Gasteiger partial charge in [0.1, 0.15) is 0 Å². The van der Waals surface area contributed by atoms with Crippen molar-refractivity contribution in [3.63, 3.8) is 0 Å². The van der Waals surface area contributed by atoms with E-state index in [1.807, 2.05) is 0 Å². The number of nitrogens with two attached hydrogens (primary N) is 1. The van der Waals surface area contributed by atoms with Crippen LogP contribution in [0.5, 0.6) is 0 Å². The largest absolute Gasteiger partial charge is 1.00 e. The van der Waals surface area contributed by atoms with Crippen LogP contribution in [0.25, 0.3) is 0 Å². The summed E-state index contributed by atoms with van der Waals surface area (Å²) in [4.78, 5) is 19.4. The van der Waals surface area contributed by atoms with Crippen LogP contribution in [-0.2, 0) is 9.53 Å². The average Bonchev–Trinajstić information content (AvgIpc) is 1.65. The van der Waals surface area contributed by atoms with E-state index in [1.165, 1.54) is 0 Å². The molecule has 0 aliphatic heterocycles. The summed E-state index contributed by atoms with van der Waals surface area (Å²) >= 11 is 0. The number of hydrogen-bond donors (Lipinski definition) is 2. The summed E-state index contributed by atoms with van der Waals surface area (Å²) in [6, 6.07) is 0. The van der Waals surface area contributed by atoms with Crippen molar-refractivity contribution in [1.29, 1.82) is 0 Å². The van der Waals surface area contributed by atoms with Crippen molar-refractivity contribution in [2.24, 2.45) is 5.73 Å². The molecule has 0 spiro atoms. The number of ether oxygens (including phenoxy) is 1. The van der Waals surface area contributed by atoms with Crippen molar-refractivity contribution < 1.29 is 39.7 Å². The van der Waals surface area contributed by atoms with Gasteiger partial charge in [-0.2, -0.15) is 0 Å². The van der Waals surface area contributed by atoms with Crippen LogP contribution in [0.15, 0.2) is 0 Å². The van der Waals surface area contributed by atoms with E-state index < -0.39 is 18.7 Å². The molecule has 0 amide bonds. The molecule has 0 saturated heterocycles. The van der Waals surface area contributed by atoms with E-state index in [9.17, 15) is 9.59 Å². The fraction of sp³-hybridized carbons (Fsp3) is 0.333. The maximum absolute atomic E-state index is 9.89. The van der Waals surface area contributed by atoms with Crippen LogP contribution in [0.1, 0.15) is 1.43 Å². The third kappa shape index (κ3) is 7.50. The van der Waals surface area contributed by atoms with Gasteiger partial charge in [0.25, 0.3) is 0 Å². The van der Waals surface area contributed by atoms with E-state index in [0.29, 0.717) is 0 Å². The van der Waals surface area contributed by atoms with Gasteiger partial charge in [-0.15, -0.1) is 0 Å². The number of carbonyl (C=O) groups is 2. The maximum atomic E-state index is 9.89. The zero-order chi connectivity index (χ0) is 6.57. The minimum atomic E-state index is -1.62. The van der Waals surface area contributed by atoms with Crippen molar-refractivity contribution in [3.8, 4) is 0 Å². The zero-order valence-electron chi connectivity index (χ0n) is 5.96. The Labute approximate surface area is 64.8 Å². The van der Waals surface area contributed by atoms with Gasteiger partial charge < -0.3 is 17.0 Å². The van der Waals surface area contributed by atoms with E-state index in [-0.39, 0.29) is 20.3 Å². The summed E-state index contributed by atoms with van der Waals surface area (Å²) in [5.41, 5.74) is 4.68. The molecule has 0 atom stereocenters. The van der Waals surface area contributed by atoms with Crippen LogP contribution in [0.3, 0.4) is 0 Å². The molecule has 0 fully saturated rings. The summed E-state index contributed by atoms with van der Waals surface area (Å²) in [5.74, 6) is -0.947. The van der Waals surface area contributed by atoms with Gasteiger partial charge in [-0.1, -0.05) is 0 Å². The molecule has 48 valence electrons. The van der Waals surface area contributed by atoms with Gasteiger partial charge in [0.05, 0.1) is 6.54 Å². The molecule has 0 aliphatic carbocycles. The SMILES string of the molecule is NCC(=O)OC(=O)O.[H-].[Li+]. The van der Waals surface area contributed by atoms with Crippen LogP contribution in [0, 0.1) is 0 Å². The summed E-state index contributed by atoms with van der Waals surface area (Å²) in [6.07, 6.45) is -1.62. The third-order valence-electron chi connectivity index (χ3n) is 0.368. The molecular formula is C3H6LiNO4. The van der Waals surface area contributed by atoms with Crippen LogP contribution < -0.4 is 24.6 Å². The Kier molecular flexibility index (Phi) is 7.08. The third-order valence-corrected chi connectivity index (χ3v) is 0.368. The zero-order valence-corrected chi connectivity index (χ0v) is 4.96. The summed E-state index contributed by atoms with van der Waals surface area (Å²) in [7, 11) is 0. The molecule has 0 bridgehead atoms. The van der Waals surface area contributed by atoms with Gasteiger partial charge in [0.2, 0.25) is 0 Å². The standard InChI is InChI=1S/C3H5NO4.Li.H/c4-1-2(5)8-3(6)7;;/h1,4H2,(H,6,7);;/q;+1;-1. The van der Waals surface area contributed by atoms with E-state index >= 15 is 0 Å². The monoisotopic (exact) mass is 127 g/mol. The first-order valence-electron chi connectivity index (χ1n) is 1.80. The van der Waals surface area contributed by atoms with Crippen LogP contribution in [0.2, 0.25) is 0 Å². The van der Waals surface area contributed by atoms with Gasteiger partial charge in [-0.3, -0.25) is 4.79 Å². The van der Waals surface area contributed by atoms with Crippen molar-refractivity contribution in [3.05, 3.63) is 0 Å². The van der Waals surface area contributed by atoms with E-state index in [0.717, 1.165) is 0 Å². The van der Waals surface area contributed by atoms with E-state index in [1.54, 1.807) is 0 Å². The molecule has 0 unspecified atom stereocenters. The molecule has 0 aromatic heterocycles. The van der Waals surface area contributed by atoms with Crippen LogP contribution in [-0.4, -0.2) is 23.8 Å². The summed E-state index contributed by atoms with van der Waals surface area (Å²) < 4.78 is 3.55. The topological polar surface area (TPSA) is 89.6 Å². The first-order valence-corrected chi connectivity index (χ1v) is 1.80. The molecule has 0 saturated carbocycles. The number of carboxylic acid groups (broad SMARTS) is 1. The molecule has 3 N–H and O–H groups in total. The smallest absolute Gasteiger partial charge is 1.00 e. The molecule has 5 nitrogen and oxygen atoms in total. The summed E-state index contributed by atoms with van der Waals surface area (Å²) in [5, 5.41) is 7.72. The minimum absolute atomic E-state index is 0. The Bertz CT molecular complexity index is 119. The number of carbonyl (C=O) groups excluding carboxylic acids is 1. The Morgan fingerprint density at radius 1 is 1.67 bits per heavy atom. The first kappa shape index (κ1) is 11.3. The van der Waals surface area contributed by atoms with Crippen LogP contribution in [0.4, 0.5) is 4.79 Å². The molecule has 0 radical (unpaired) electrons. The molecule has 0 heterocycles. The van der Waals surface area contributed by atoms with Gasteiger partial charge in [0, 0.05) is 0 Å². The number of rotatable bonds is 1. The Hall–Kier alpha value is -0.503. The first-order chi connectivity index (χ1) is 3.66. The summed E-state index contributed by atoms with van der Waals surface area (Å²) in [6.45, 7) is -0.410. The molecule has 0 rings (SSSR count). The molecule has 9 heavy (non-hydrogen) atoms. The Balaban J connectivity index is -0.000000245. The van der Waals surface area contributed by atoms with Crippen LogP contribution >= 0.6 is 0 Å². The second kappa shape index (κ2) is 5.63. The fourth-order valence-electron chi connectivity index (χ4n) is 0.139. The normalized spacial score (nSPS) is 7.22. The predicted octanol–water partition coefficient (Wildman–Crippen LogP) is -3.72. The van der Waals surface area contributed by atoms with E-state index in [2.05, 4.69) is 10.5 Å². The van der Waals surface area contributed by atoms with Gasteiger partial charge in [-0.25, -0.2) is 4.79 Å². The number of hydrogen-bond acceptors (Lipinski definition) is 4. The van der Waals surface area contributed by atoms with Gasteiger partial charge in [0.15, 0.2) is 0 Å². The van der Waals surface area contributed by atoms with Gasteiger partial charge in [-0.05, 0) is 0 Å². The molecule has 0 aromatic rings. The minimum Gasteiger partial charge on any atom is -1.00 e. The van der Waals surface area contributed by atoms with Crippen molar-refractivity contribution in [1.82, 2.24) is 0 Å². The fourth-order valence-corrected chi connectivity index (χ4v) is 0.139. The quantitative estimate of drug-likeness (QED) is 0.215. The number of esters is 1. The molecule has 6 heteroatoms. The van der Waals surface area contributed by atoms with Crippen molar-refractivity contribution in [2.75, 3.05) is 6.54 Å². The second-order valence-electron chi connectivity index (χ2n) is 0.944. The second-order valence-corrected chi connectivity index (χ2v) is 0.944. The predicted molar refractivity (Wildman–Crippen MR) is 24.3 cm³/mol. The average molecular weight is 127 g/mol. The van der Waals surface area contributed by atoms with Crippen molar-refractivity contribution >= 4 is 12.1 Å².